The number of aromatic hydroxyl groups is 1. The summed E-state index contributed by atoms with van der Waals surface area (Å²) >= 11 is 0. The highest BCUT2D eigenvalue weighted by atomic mass is 16.4. The fourth-order valence-electron chi connectivity index (χ4n) is 3.47. The van der Waals surface area contributed by atoms with Crippen LogP contribution >= 0.6 is 0 Å². The van der Waals surface area contributed by atoms with Gasteiger partial charge in [-0.3, -0.25) is 24.2 Å². The van der Waals surface area contributed by atoms with E-state index in [0.717, 1.165) is 0 Å². The Morgan fingerprint density at radius 1 is 0.900 bits per heavy atom. The molecule has 0 aliphatic heterocycles. The third-order valence-electron chi connectivity index (χ3n) is 5.67. The smallest absolute Gasteiger partial charge is 0.326 e. The molecule has 1 aromatic rings. The van der Waals surface area contributed by atoms with Gasteiger partial charge >= 0.3 is 5.97 Å². The SMILES string of the molecule is CC(O)C(NC(=O)C(CCC(N)=O)NC(=O)C(N)CCCN=C(N)N)C(=O)NC(Cc1ccc(O)cc1)C(=O)O. The highest BCUT2D eigenvalue weighted by Gasteiger charge is 2.33. The zero-order chi connectivity index (χ0) is 30.4. The van der Waals surface area contributed by atoms with Crippen molar-refractivity contribution in [1.82, 2.24) is 16.0 Å². The summed E-state index contributed by atoms with van der Waals surface area (Å²) in [5.41, 5.74) is 22.0. The molecular formula is C24H38N8O8. The number of nitrogens with zero attached hydrogens (tertiary/aromatic N) is 1. The van der Waals surface area contributed by atoms with E-state index in [9.17, 15) is 39.3 Å². The lowest BCUT2D eigenvalue weighted by atomic mass is 10.0. The molecule has 0 saturated heterocycles. The predicted octanol–water partition coefficient (Wildman–Crippen LogP) is -3.50. The van der Waals surface area contributed by atoms with Gasteiger partial charge in [0.25, 0.3) is 0 Å². The van der Waals surface area contributed by atoms with E-state index < -0.39 is 59.9 Å². The minimum atomic E-state index is -1.62. The van der Waals surface area contributed by atoms with Gasteiger partial charge in [-0.15, -0.1) is 0 Å². The van der Waals surface area contributed by atoms with Gasteiger partial charge in [0.15, 0.2) is 5.96 Å². The Morgan fingerprint density at radius 3 is 2.02 bits per heavy atom. The van der Waals surface area contributed by atoms with E-state index in [0.29, 0.717) is 12.0 Å². The van der Waals surface area contributed by atoms with Crippen molar-refractivity contribution in [1.29, 1.82) is 0 Å². The van der Waals surface area contributed by atoms with Crippen molar-refractivity contribution < 1.29 is 39.3 Å². The van der Waals surface area contributed by atoms with Crippen molar-refractivity contribution in [2.75, 3.05) is 6.54 Å². The van der Waals surface area contributed by atoms with Crippen molar-refractivity contribution in [3.63, 3.8) is 0 Å². The molecule has 0 heterocycles. The van der Waals surface area contributed by atoms with Crippen LogP contribution in [0.3, 0.4) is 0 Å². The third-order valence-corrected chi connectivity index (χ3v) is 5.67. The summed E-state index contributed by atoms with van der Waals surface area (Å²) in [7, 11) is 0. The standard InChI is InChI=1S/C24H38N8O8/c1-12(33)19(22(38)31-17(23(39)40)11-13-4-6-14(34)7-5-13)32-21(37)16(8-9-18(26)35)30-20(36)15(25)3-2-10-29-24(27)28/h4-7,12,15-17,19,33-34H,2-3,8-11,25H2,1H3,(H2,26,35)(H,30,36)(H,31,38)(H,32,37)(H,39,40)(H4,27,28,29). The number of aliphatic carboxylic acids is 1. The number of carbonyl (C=O) groups is 5. The molecule has 4 amide bonds. The molecule has 5 atom stereocenters. The summed E-state index contributed by atoms with van der Waals surface area (Å²) in [6.45, 7) is 1.42. The Hall–Kier alpha value is -4.44. The monoisotopic (exact) mass is 566 g/mol. The second-order valence-electron chi connectivity index (χ2n) is 9.12. The topological polar surface area (TPSA) is 299 Å². The highest BCUT2D eigenvalue weighted by molar-refractivity contribution is 5.94. The molecule has 0 bridgehead atoms. The lowest BCUT2D eigenvalue weighted by molar-refractivity contribution is -0.143. The molecule has 0 fully saturated rings. The summed E-state index contributed by atoms with van der Waals surface area (Å²) in [6.07, 6.45) is -1.62. The number of phenolic OH excluding ortho intramolecular Hbond substituents is 1. The average molecular weight is 567 g/mol. The Balaban J connectivity index is 2.94. The van der Waals surface area contributed by atoms with Crippen molar-refractivity contribution in [3.05, 3.63) is 29.8 Å². The number of aliphatic hydroxyl groups is 1. The quantitative estimate of drug-likeness (QED) is 0.0501. The molecular weight excluding hydrogens is 528 g/mol. The van der Waals surface area contributed by atoms with Crippen LogP contribution in [0.4, 0.5) is 0 Å². The Bertz CT molecular complexity index is 1060. The predicted molar refractivity (Wildman–Crippen MR) is 143 cm³/mol. The molecule has 40 heavy (non-hydrogen) atoms. The maximum atomic E-state index is 13.0. The number of nitrogens with one attached hydrogen (secondary N) is 3. The number of hydrogen-bond acceptors (Lipinski definition) is 9. The molecule has 5 unspecified atom stereocenters. The van der Waals surface area contributed by atoms with Crippen molar-refractivity contribution in [3.8, 4) is 5.75 Å². The second-order valence-corrected chi connectivity index (χ2v) is 9.12. The van der Waals surface area contributed by atoms with Crippen LogP contribution in [0.25, 0.3) is 0 Å². The lowest BCUT2D eigenvalue weighted by Crippen LogP contribution is -2.60. The van der Waals surface area contributed by atoms with Gasteiger partial charge in [0.1, 0.15) is 23.9 Å². The van der Waals surface area contributed by atoms with Crippen LogP contribution in [0.5, 0.6) is 5.75 Å². The number of hydrogen-bond donors (Lipinski definition) is 10. The van der Waals surface area contributed by atoms with Gasteiger partial charge in [-0.25, -0.2) is 4.79 Å². The molecule has 0 aliphatic carbocycles. The maximum absolute atomic E-state index is 13.0. The van der Waals surface area contributed by atoms with E-state index in [-0.39, 0.29) is 43.9 Å². The van der Waals surface area contributed by atoms with E-state index in [2.05, 4.69) is 20.9 Å². The first-order valence-corrected chi connectivity index (χ1v) is 12.4. The van der Waals surface area contributed by atoms with Gasteiger partial charge in [-0.1, -0.05) is 12.1 Å². The number of rotatable bonds is 17. The molecule has 1 rings (SSSR count). The number of carbonyl (C=O) groups excluding carboxylic acids is 4. The van der Waals surface area contributed by atoms with Crippen LogP contribution < -0.4 is 38.9 Å². The molecule has 0 radical (unpaired) electrons. The molecule has 0 aromatic heterocycles. The summed E-state index contributed by atoms with van der Waals surface area (Å²) < 4.78 is 0. The zero-order valence-electron chi connectivity index (χ0n) is 22.1. The van der Waals surface area contributed by atoms with Crippen LogP contribution in [0, 0.1) is 0 Å². The number of benzene rings is 1. The number of phenols is 1. The molecule has 0 aliphatic rings. The van der Waals surface area contributed by atoms with Gasteiger partial charge in [0.05, 0.1) is 12.1 Å². The molecule has 16 nitrogen and oxygen atoms in total. The maximum Gasteiger partial charge on any atom is 0.326 e. The zero-order valence-corrected chi connectivity index (χ0v) is 22.1. The molecule has 16 heteroatoms. The molecule has 0 saturated carbocycles. The highest BCUT2D eigenvalue weighted by Crippen LogP contribution is 2.12. The number of aliphatic hydroxyl groups excluding tert-OH is 1. The normalized spacial score (nSPS) is 14.5. The number of carboxylic acids is 1. The Morgan fingerprint density at radius 2 is 1.50 bits per heavy atom. The van der Waals surface area contributed by atoms with Gasteiger partial charge in [0.2, 0.25) is 23.6 Å². The van der Waals surface area contributed by atoms with Crippen LogP contribution in [0.2, 0.25) is 0 Å². The number of guanidine groups is 1. The summed E-state index contributed by atoms with van der Waals surface area (Å²) in [6, 6.07) is 0.200. The minimum Gasteiger partial charge on any atom is -0.508 e. The van der Waals surface area contributed by atoms with E-state index in [4.69, 9.17) is 22.9 Å². The van der Waals surface area contributed by atoms with Crippen LogP contribution in [0.1, 0.15) is 38.2 Å². The Kier molecular flexibility index (Phi) is 13.9. The molecule has 222 valence electrons. The number of aliphatic imine (C=N–C) groups is 1. The summed E-state index contributed by atoms with van der Waals surface area (Å²) in [5.74, 6) is -4.95. The van der Waals surface area contributed by atoms with Gasteiger partial charge in [-0.2, -0.15) is 0 Å². The largest absolute Gasteiger partial charge is 0.508 e. The molecule has 1 aromatic carbocycles. The van der Waals surface area contributed by atoms with E-state index in [1.807, 2.05) is 0 Å². The molecule has 0 spiro atoms. The number of primary amides is 1. The first-order valence-electron chi connectivity index (χ1n) is 12.4. The fraction of sp³-hybridized carbons (Fsp3) is 0.500. The third kappa shape index (κ3) is 12.4. The number of carboxylic acid groups (broad SMARTS) is 1. The molecule has 14 N–H and O–H groups in total. The average Bonchev–Trinajstić information content (AvgIpc) is 2.87. The minimum absolute atomic E-state index is 0.0265. The lowest BCUT2D eigenvalue weighted by Gasteiger charge is -2.26. The first kappa shape index (κ1) is 33.6. The van der Waals surface area contributed by atoms with E-state index in [1.165, 1.54) is 31.2 Å². The number of nitrogens with two attached hydrogens (primary N) is 4. The van der Waals surface area contributed by atoms with Crippen molar-refractivity contribution >= 4 is 35.6 Å². The Labute approximate surface area is 230 Å². The number of amides is 4. The van der Waals surface area contributed by atoms with Gasteiger partial charge in [0, 0.05) is 19.4 Å². The summed E-state index contributed by atoms with van der Waals surface area (Å²) in [4.78, 5) is 65.3. The fourth-order valence-corrected chi connectivity index (χ4v) is 3.47. The van der Waals surface area contributed by atoms with Crippen LogP contribution in [0.15, 0.2) is 29.3 Å². The van der Waals surface area contributed by atoms with E-state index >= 15 is 0 Å². The van der Waals surface area contributed by atoms with Crippen LogP contribution in [-0.2, 0) is 30.4 Å². The second kappa shape index (κ2) is 16.5. The van der Waals surface area contributed by atoms with Gasteiger partial charge < -0.3 is 54.2 Å². The van der Waals surface area contributed by atoms with Gasteiger partial charge in [-0.05, 0) is 43.9 Å². The first-order chi connectivity index (χ1) is 18.7. The summed E-state index contributed by atoms with van der Waals surface area (Å²) in [5, 5.41) is 36.1. The van der Waals surface area contributed by atoms with E-state index in [1.54, 1.807) is 0 Å². The van der Waals surface area contributed by atoms with Crippen molar-refractivity contribution in [2.24, 2.45) is 27.9 Å². The van der Waals surface area contributed by atoms with Crippen molar-refractivity contribution in [2.45, 2.75) is 69.3 Å². The van der Waals surface area contributed by atoms with Crippen LogP contribution in [-0.4, -0.2) is 87.7 Å².